The van der Waals surface area contributed by atoms with Gasteiger partial charge in [0.25, 0.3) is 5.91 Å². The van der Waals surface area contributed by atoms with E-state index in [1.54, 1.807) is 0 Å². The van der Waals surface area contributed by atoms with E-state index in [1.165, 1.54) is 11.3 Å². The minimum atomic E-state index is -0.0434. The minimum Gasteiger partial charge on any atom is -0.345 e. The molecule has 0 spiro atoms. The Bertz CT molecular complexity index is 568. The molecule has 1 unspecified atom stereocenters. The first-order chi connectivity index (χ1) is 8.56. The molecule has 2 aromatic rings. The van der Waals surface area contributed by atoms with Crippen molar-refractivity contribution in [2.24, 2.45) is 0 Å². The smallest absolute Gasteiger partial charge is 0.261 e. The third kappa shape index (κ3) is 3.43. The lowest BCUT2D eigenvalue weighted by Crippen LogP contribution is -2.25. The van der Waals surface area contributed by atoms with Crippen LogP contribution in [0.25, 0.3) is 0 Å². The predicted octanol–water partition coefficient (Wildman–Crippen LogP) is 4.76. The first-order valence-electron chi connectivity index (χ1n) is 5.38. The maximum absolute atomic E-state index is 12.0. The Morgan fingerprint density at radius 3 is 2.67 bits per heavy atom. The average Bonchev–Trinajstić information content (AvgIpc) is 2.76. The molecule has 0 aliphatic carbocycles. The van der Waals surface area contributed by atoms with E-state index in [2.05, 4.69) is 37.2 Å². The molecular weight excluding hydrogens is 378 g/mol. The molecule has 0 aliphatic heterocycles. The second-order valence-electron chi connectivity index (χ2n) is 3.85. The van der Waals surface area contributed by atoms with E-state index < -0.39 is 0 Å². The van der Waals surface area contributed by atoms with Crippen molar-refractivity contribution in [1.29, 1.82) is 0 Å². The van der Waals surface area contributed by atoms with Crippen LogP contribution in [0.3, 0.4) is 0 Å². The molecule has 0 aliphatic rings. The maximum Gasteiger partial charge on any atom is 0.261 e. The van der Waals surface area contributed by atoms with Crippen LogP contribution in [0, 0.1) is 0 Å². The number of hydrogen-bond acceptors (Lipinski definition) is 2. The fraction of sp³-hybridized carbons (Fsp3) is 0.154. The zero-order valence-electron chi connectivity index (χ0n) is 9.61. The highest BCUT2D eigenvalue weighted by molar-refractivity contribution is 9.11. The normalized spacial score (nSPS) is 12.2. The summed E-state index contributed by atoms with van der Waals surface area (Å²) in [6.45, 7) is 1.97. The van der Waals surface area contributed by atoms with E-state index in [-0.39, 0.29) is 11.9 Å². The quantitative estimate of drug-likeness (QED) is 0.806. The van der Waals surface area contributed by atoms with Crippen LogP contribution in [-0.4, -0.2) is 5.91 Å². The van der Waals surface area contributed by atoms with Gasteiger partial charge in [-0.25, -0.2) is 0 Å². The Kier molecular flexibility index (Phi) is 4.59. The Labute approximate surface area is 127 Å². The van der Waals surface area contributed by atoms with Crippen LogP contribution in [0.1, 0.15) is 28.2 Å². The summed E-state index contributed by atoms with van der Waals surface area (Å²) in [5.41, 5.74) is 1.08. The fourth-order valence-corrected chi connectivity index (χ4v) is 3.27. The van der Waals surface area contributed by atoms with Gasteiger partial charge in [0.05, 0.1) is 14.7 Å². The SMILES string of the molecule is CC(NC(=O)c1ccc(Br)s1)c1cccc(Br)c1. The second kappa shape index (κ2) is 5.99. The topological polar surface area (TPSA) is 29.1 Å². The Morgan fingerprint density at radius 2 is 2.06 bits per heavy atom. The van der Waals surface area contributed by atoms with Crippen LogP contribution in [0.4, 0.5) is 0 Å². The number of nitrogens with one attached hydrogen (secondary N) is 1. The number of carbonyl (C=O) groups excluding carboxylic acids is 1. The molecule has 18 heavy (non-hydrogen) atoms. The summed E-state index contributed by atoms with van der Waals surface area (Å²) in [7, 11) is 0. The lowest BCUT2D eigenvalue weighted by atomic mass is 10.1. The van der Waals surface area contributed by atoms with E-state index in [9.17, 15) is 4.79 Å². The van der Waals surface area contributed by atoms with Crippen LogP contribution >= 0.6 is 43.2 Å². The summed E-state index contributed by atoms with van der Waals surface area (Å²) in [5, 5.41) is 2.98. The molecule has 0 fully saturated rings. The first-order valence-corrected chi connectivity index (χ1v) is 7.78. The number of carbonyl (C=O) groups is 1. The number of halogens is 2. The number of rotatable bonds is 3. The van der Waals surface area contributed by atoms with Crippen LogP contribution in [0.15, 0.2) is 44.7 Å². The van der Waals surface area contributed by atoms with Gasteiger partial charge < -0.3 is 5.32 Å². The van der Waals surface area contributed by atoms with Gasteiger partial charge in [0.15, 0.2) is 0 Å². The predicted molar refractivity (Wildman–Crippen MR) is 82.0 cm³/mol. The van der Waals surface area contributed by atoms with Gasteiger partial charge in [0.2, 0.25) is 0 Å². The third-order valence-electron chi connectivity index (χ3n) is 2.49. The summed E-state index contributed by atoms with van der Waals surface area (Å²) in [4.78, 5) is 12.7. The number of amides is 1. The monoisotopic (exact) mass is 387 g/mol. The van der Waals surface area contributed by atoms with Crippen LogP contribution < -0.4 is 5.32 Å². The largest absolute Gasteiger partial charge is 0.345 e. The zero-order valence-corrected chi connectivity index (χ0v) is 13.6. The van der Waals surface area contributed by atoms with Crippen LogP contribution in [0.2, 0.25) is 0 Å². The van der Waals surface area contributed by atoms with Crippen LogP contribution in [0.5, 0.6) is 0 Å². The van der Waals surface area contributed by atoms with E-state index in [1.807, 2.05) is 43.3 Å². The summed E-state index contributed by atoms with van der Waals surface area (Å²) in [6.07, 6.45) is 0. The molecular formula is C13H11Br2NOS. The minimum absolute atomic E-state index is 0.0177. The van der Waals surface area contributed by atoms with Crippen molar-refractivity contribution in [1.82, 2.24) is 5.32 Å². The fourth-order valence-electron chi connectivity index (χ4n) is 1.56. The number of hydrogen-bond donors (Lipinski definition) is 1. The Morgan fingerprint density at radius 1 is 1.28 bits per heavy atom. The molecule has 0 bridgehead atoms. The van der Waals surface area contributed by atoms with Crippen molar-refractivity contribution in [2.45, 2.75) is 13.0 Å². The van der Waals surface area contributed by atoms with E-state index >= 15 is 0 Å². The first kappa shape index (κ1) is 13.8. The maximum atomic E-state index is 12.0. The van der Waals surface area contributed by atoms with Crippen molar-refractivity contribution in [3.8, 4) is 0 Å². The molecule has 1 heterocycles. The lowest BCUT2D eigenvalue weighted by Gasteiger charge is -2.13. The van der Waals surface area contributed by atoms with Crippen LogP contribution in [-0.2, 0) is 0 Å². The summed E-state index contributed by atoms with van der Waals surface area (Å²) < 4.78 is 1.97. The number of thiophene rings is 1. The standard InChI is InChI=1S/C13H11Br2NOS/c1-8(9-3-2-4-10(14)7-9)16-13(17)11-5-6-12(15)18-11/h2-8H,1H3,(H,16,17). The average molecular weight is 389 g/mol. The molecule has 5 heteroatoms. The van der Waals surface area contributed by atoms with Gasteiger partial charge in [-0.3, -0.25) is 4.79 Å². The Balaban J connectivity index is 2.07. The van der Waals surface area contributed by atoms with Gasteiger partial charge >= 0.3 is 0 Å². The highest BCUT2D eigenvalue weighted by Gasteiger charge is 2.13. The van der Waals surface area contributed by atoms with Gasteiger partial charge in [-0.2, -0.15) is 0 Å². The molecule has 1 atom stereocenters. The van der Waals surface area contributed by atoms with Gasteiger partial charge in [-0.15, -0.1) is 11.3 Å². The van der Waals surface area contributed by atoms with Crippen molar-refractivity contribution < 1.29 is 4.79 Å². The van der Waals surface area contributed by atoms with Crippen molar-refractivity contribution in [2.75, 3.05) is 0 Å². The highest BCUT2D eigenvalue weighted by atomic mass is 79.9. The molecule has 0 saturated carbocycles. The van der Waals surface area contributed by atoms with E-state index in [0.29, 0.717) is 4.88 Å². The Hall–Kier alpha value is -0.650. The van der Waals surface area contributed by atoms with Gasteiger partial charge in [-0.05, 0) is 52.7 Å². The van der Waals surface area contributed by atoms with E-state index in [4.69, 9.17) is 0 Å². The molecule has 0 radical (unpaired) electrons. The zero-order chi connectivity index (χ0) is 13.1. The van der Waals surface area contributed by atoms with Gasteiger partial charge in [0.1, 0.15) is 0 Å². The lowest BCUT2D eigenvalue weighted by molar-refractivity contribution is 0.0944. The summed E-state index contributed by atoms with van der Waals surface area (Å²) in [6, 6.07) is 11.6. The molecule has 1 N–H and O–H groups in total. The van der Waals surface area contributed by atoms with Gasteiger partial charge in [-0.1, -0.05) is 28.1 Å². The third-order valence-corrected chi connectivity index (χ3v) is 4.61. The summed E-state index contributed by atoms with van der Waals surface area (Å²) in [5.74, 6) is -0.0434. The van der Waals surface area contributed by atoms with Gasteiger partial charge in [0, 0.05) is 4.47 Å². The molecule has 1 amide bonds. The highest BCUT2D eigenvalue weighted by Crippen LogP contribution is 2.23. The number of benzene rings is 1. The van der Waals surface area contributed by atoms with Crippen molar-refractivity contribution >= 4 is 49.1 Å². The molecule has 1 aromatic heterocycles. The molecule has 0 saturated heterocycles. The summed E-state index contributed by atoms with van der Waals surface area (Å²) >= 11 is 8.21. The van der Waals surface area contributed by atoms with Crippen molar-refractivity contribution in [3.05, 3.63) is 55.1 Å². The molecule has 2 rings (SSSR count). The molecule has 1 aromatic carbocycles. The van der Waals surface area contributed by atoms with Crippen molar-refractivity contribution in [3.63, 3.8) is 0 Å². The van der Waals surface area contributed by atoms with E-state index in [0.717, 1.165) is 13.8 Å². The second-order valence-corrected chi connectivity index (χ2v) is 7.23. The molecule has 94 valence electrons. The molecule has 2 nitrogen and oxygen atoms in total.